The van der Waals surface area contributed by atoms with Gasteiger partial charge in [0.2, 0.25) is 0 Å². The minimum absolute atomic E-state index is 0.0326. The third-order valence-corrected chi connectivity index (χ3v) is 3.14. The summed E-state index contributed by atoms with van der Waals surface area (Å²) in [6.45, 7) is 1.98. The topological polar surface area (TPSA) is 114 Å². The summed E-state index contributed by atoms with van der Waals surface area (Å²) in [5.74, 6) is 0.707. The first-order chi connectivity index (χ1) is 11.2. The van der Waals surface area contributed by atoms with Crippen molar-refractivity contribution >= 4 is 17.2 Å². The fourth-order valence-electron chi connectivity index (χ4n) is 1.95. The molecule has 0 aromatic carbocycles. The Bertz CT molecular complexity index is 822. The smallest absolute Gasteiger partial charge is 0.188 e. The molecule has 0 amide bonds. The highest BCUT2D eigenvalue weighted by Gasteiger charge is 2.04. The first kappa shape index (κ1) is 14.5. The van der Waals surface area contributed by atoms with E-state index in [1.165, 1.54) is 0 Å². The first-order valence-electron chi connectivity index (χ1n) is 6.84. The van der Waals surface area contributed by atoms with Crippen molar-refractivity contribution in [3.05, 3.63) is 60.3 Å². The number of anilines is 2. The summed E-state index contributed by atoms with van der Waals surface area (Å²) < 4.78 is 1.68. The van der Waals surface area contributed by atoms with Gasteiger partial charge in [-0.3, -0.25) is 4.98 Å². The number of aromatic nitrogens is 4. The zero-order valence-corrected chi connectivity index (χ0v) is 12.4. The Labute approximate surface area is 132 Å². The minimum atomic E-state index is -0.0326. The monoisotopic (exact) mass is 309 g/mol. The Hall–Kier alpha value is -3.42. The second-order valence-corrected chi connectivity index (χ2v) is 4.91. The highest BCUT2D eigenvalue weighted by atomic mass is 16.4. The van der Waals surface area contributed by atoms with Gasteiger partial charge >= 0.3 is 0 Å². The van der Waals surface area contributed by atoms with Gasteiger partial charge in [0.05, 0.1) is 30.0 Å². The number of nitrogens with zero attached hydrogens (tertiary/aromatic N) is 5. The van der Waals surface area contributed by atoms with Crippen LogP contribution in [0.1, 0.15) is 11.3 Å². The van der Waals surface area contributed by atoms with E-state index in [2.05, 4.69) is 25.5 Å². The molecular weight excluding hydrogens is 294 g/mol. The highest BCUT2D eigenvalue weighted by molar-refractivity contribution is 5.95. The van der Waals surface area contributed by atoms with Crippen LogP contribution in [0.4, 0.5) is 11.4 Å². The summed E-state index contributed by atoms with van der Waals surface area (Å²) in [6.07, 6.45) is 6.91. The molecular formula is C15H15N7O. The summed E-state index contributed by atoms with van der Waals surface area (Å²) in [7, 11) is 0. The number of aryl methyl sites for hydroxylation is 1. The molecule has 0 radical (unpaired) electrons. The summed E-state index contributed by atoms with van der Waals surface area (Å²) in [5.41, 5.74) is 8.52. The van der Waals surface area contributed by atoms with Gasteiger partial charge in [-0.2, -0.15) is 5.10 Å². The number of rotatable bonds is 4. The van der Waals surface area contributed by atoms with Gasteiger partial charge in [-0.05, 0) is 30.7 Å². The van der Waals surface area contributed by atoms with E-state index >= 15 is 0 Å². The van der Waals surface area contributed by atoms with E-state index < -0.39 is 0 Å². The number of pyridine rings is 2. The molecule has 3 heterocycles. The van der Waals surface area contributed by atoms with Gasteiger partial charge in [-0.1, -0.05) is 11.2 Å². The molecule has 4 N–H and O–H groups in total. The standard InChI is InChI=1S/C15H15N7O/c1-10-2-5-14(18-6-10)22-9-12(8-19-22)20-11-3-4-13(17-7-11)15(16)21-23/h2-9,20,23H,1H3,(H2,16,21). The largest absolute Gasteiger partial charge is 0.409 e. The van der Waals surface area contributed by atoms with Crippen molar-refractivity contribution in [3.8, 4) is 5.82 Å². The number of amidine groups is 1. The van der Waals surface area contributed by atoms with Crippen molar-refractivity contribution in [2.24, 2.45) is 10.9 Å². The molecule has 23 heavy (non-hydrogen) atoms. The van der Waals surface area contributed by atoms with Gasteiger partial charge in [0, 0.05) is 6.20 Å². The molecule has 0 spiro atoms. The maximum atomic E-state index is 8.61. The molecule has 0 atom stereocenters. The fraction of sp³-hybridized carbons (Fsp3) is 0.0667. The molecule has 116 valence electrons. The summed E-state index contributed by atoms with van der Waals surface area (Å²) in [6, 6.07) is 7.32. The van der Waals surface area contributed by atoms with Crippen LogP contribution in [-0.4, -0.2) is 30.8 Å². The Kier molecular flexibility index (Phi) is 3.88. The first-order valence-corrected chi connectivity index (χ1v) is 6.84. The quantitative estimate of drug-likeness (QED) is 0.293. The van der Waals surface area contributed by atoms with Gasteiger partial charge in [-0.25, -0.2) is 9.67 Å². The number of oxime groups is 1. The van der Waals surface area contributed by atoms with Crippen molar-refractivity contribution in [2.75, 3.05) is 5.32 Å². The predicted molar refractivity (Wildman–Crippen MR) is 86.1 cm³/mol. The number of hydrogen-bond donors (Lipinski definition) is 3. The molecule has 0 bridgehead atoms. The van der Waals surface area contributed by atoms with Crippen LogP contribution in [0.15, 0.2) is 54.2 Å². The molecule has 3 aromatic rings. The third kappa shape index (κ3) is 3.26. The van der Waals surface area contributed by atoms with E-state index in [1.54, 1.807) is 35.4 Å². The summed E-state index contributed by atoms with van der Waals surface area (Å²) in [5, 5.41) is 19.0. The van der Waals surface area contributed by atoms with Gasteiger partial charge in [0.1, 0.15) is 5.69 Å². The van der Waals surface area contributed by atoms with E-state index in [1.807, 2.05) is 25.3 Å². The SMILES string of the molecule is Cc1ccc(-n2cc(Nc3ccc(/C(N)=N/O)nc3)cn2)nc1. The molecule has 0 aliphatic carbocycles. The van der Waals surface area contributed by atoms with Crippen LogP contribution in [0.5, 0.6) is 0 Å². The zero-order chi connectivity index (χ0) is 16.2. The van der Waals surface area contributed by atoms with Crippen molar-refractivity contribution in [1.82, 2.24) is 19.7 Å². The fourth-order valence-corrected chi connectivity index (χ4v) is 1.95. The molecule has 3 rings (SSSR count). The molecule has 8 nitrogen and oxygen atoms in total. The predicted octanol–water partition coefficient (Wildman–Crippen LogP) is 1.81. The third-order valence-electron chi connectivity index (χ3n) is 3.14. The summed E-state index contributed by atoms with van der Waals surface area (Å²) >= 11 is 0. The van der Waals surface area contributed by atoms with Crippen molar-refractivity contribution in [2.45, 2.75) is 6.92 Å². The highest BCUT2D eigenvalue weighted by Crippen LogP contribution is 2.16. The van der Waals surface area contributed by atoms with Crippen molar-refractivity contribution in [1.29, 1.82) is 0 Å². The van der Waals surface area contributed by atoms with Gasteiger partial charge in [0.25, 0.3) is 0 Å². The van der Waals surface area contributed by atoms with E-state index in [0.717, 1.165) is 22.8 Å². The van der Waals surface area contributed by atoms with Crippen LogP contribution < -0.4 is 11.1 Å². The molecule has 3 aromatic heterocycles. The van der Waals surface area contributed by atoms with E-state index in [4.69, 9.17) is 10.9 Å². The van der Waals surface area contributed by atoms with Gasteiger partial charge in [0.15, 0.2) is 11.7 Å². The lowest BCUT2D eigenvalue weighted by molar-refractivity contribution is 0.318. The van der Waals surface area contributed by atoms with Crippen LogP contribution in [0.2, 0.25) is 0 Å². The van der Waals surface area contributed by atoms with Crippen LogP contribution >= 0.6 is 0 Å². The lowest BCUT2D eigenvalue weighted by Crippen LogP contribution is -2.14. The molecule has 0 fully saturated rings. The maximum Gasteiger partial charge on any atom is 0.188 e. The Morgan fingerprint density at radius 1 is 1.13 bits per heavy atom. The normalized spacial score (nSPS) is 11.4. The zero-order valence-electron chi connectivity index (χ0n) is 12.4. The van der Waals surface area contributed by atoms with Crippen LogP contribution in [0.3, 0.4) is 0 Å². The average molecular weight is 309 g/mol. The minimum Gasteiger partial charge on any atom is -0.409 e. The second kappa shape index (κ2) is 6.14. The van der Waals surface area contributed by atoms with E-state index in [9.17, 15) is 0 Å². The average Bonchev–Trinajstić information content (AvgIpc) is 3.04. The van der Waals surface area contributed by atoms with Crippen molar-refractivity contribution in [3.63, 3.8) is 0 Å². The Morgan fingerprint density at radius 2 is 2.00 bits per heavy atom. The Balaban J connectivity index is 1.75. The molecule has 0 aliphatic heterocycles. The molecule has 8 heteroatoms. The lowest BCUT2D eigenvalue weighted by Gasteiger charge is -2.04. The maximum absolute atomic E-state index is 8.61. The molecule has 0 saturated carbocycles. The summed E-state index contributed by atoms with van der Waals surface area (Å²) in [4.78, 5) is 8.42. The Morgan fingerprint density at radius 3 is 2.65 bits per heavy atom. The lowest BCUT2D eigenvalue weighted by atomic mass is 10.3. The van der Waals surface area contributed by atoms with Gasteiger partial charge < -0.3 is 16.3 Å². The second-order valence-electron chi connectivity index (χ2n) is 4.91. The number of nitrogens with two attached hydrogens (primary N) is 1. The molecule has 0 aliphatic rings. The van der Waals surface area contributed by atoms with Crippen LogP contribution in [0.25, 0.3) is 5.82 Å². The van der Waals surface area contributed by atoms with Gasteiger partial charge in [-0.15, -0.1) is 0 Å². The van der Waals surface area contributed by atoms with Crippen LogP contribution in [-0.2, 0) is 0 Å². The number of hydrogen-bond acceptors (Lipinski definition) is 6. The van der Waals surface area contributed by atoms with E-state index in [-0.39, 0.29) is 5.84 Å². The van der Waals surface area contributed by atoms with Crippen molar-refractivity contribution < 1.29 is 5.21 Å². The molecule has 0 saturated heterocycles. The van der Waals surface area contributed by atoms with E-state index in [0.29, 0.717) is 5.69 Å². The number of nitrogens with one attached hydrogen (secondary N) is 1. The van der Waals surface area contributed by atoms with Crippen LogP contribution in [0, 0.1) is 6.92 Å². The molecule has 0 unspecified atom stereocenters.